The number of nitrogens with zero attached hydrogens (tertiary/aromatic N) is 2. The van der Waals surface area contributed by atoms with Crippen molar-refractivity contribution in [3.05, 3.63) is 78.1 Å². The average molecular weight is 461 g/mol. The molecule has 10 nitrogen and oxygen atoms in total. The number of aryl methyl sites for hydroxylation is 2. The summed E-state index contributed by atoms with van der Waals surface area (Å²) in [7, 11) is 4.72. The minimum absolute atomic E-state index is 0.108. The fourth-order valence-corrected chi connectivity index (χ4v) is 3.49. The minimum Gasteiger partial charge on any atom is -0.463 e. The van der Waals surface area contributed by atoms with Gasteiger partial charge in [0, 0.05) is 37.7 Å². The molecule has 0 bridgehead atoms. The molecule has 3 heterocycles. The highest BCUT2D eigenvalue weighted by atomic mass is 16.5. The fraction of sp³-hybridized carbons (Fsp3) is 0.125. The SMILES string of the molecule is COC(=O)c1ccc(-c2ccc(NC(=O)c3cc(NC(=O)c4cc(N)cn4C)cn3C)cc2)o1. The first-order valence-electron chi connectivity index (χ1n) is 10.2. The van der Waals surface area contributed by atoms with Gasteiger partial charge in [-0.2, -0.15) is 0 Å². The Balaban J connectivity index is 1.43. The monoisotopic (exact) mass is 461 g/mol. The van der Waals surface area contributed by atoms with Crippen molar-refractivity contribution < 1.29 is 23.5 Å². The van der Waals surface area contributed by atoms with Gasteiger partial charge in [0.05, 0.1) is 18.5 Å². The Morgan fingerprint density at radius 3 is 2.09 bits per heavy atom. The third-order valence-electron chi connectivity index (χ3n) is 5.17. The number of benzene rings is 1. The number of esters is 1. The second-order valence-corrected chi connectivity index (χ2v) is 7.64. The number of methoxy groups -OCH3 is 1. The van der Waals surface area contributed by atoms with E-state index >= 15 is 0 Å². The highest BCUT2D eigenvalue weighted by molar-refractivity contribution is 6.07. The molecule has 0 saturated heterocycles. The first-order valence-corrected chi connectivity index (χ1v) is 10.2. The molecule has 0 radical (unpaired) electrons. The van der Waals surface area contributed by atoms with Crippen LogP contribution < -0.4 is 16.4 Å². The number of anilines is 3. The van der Waals surface area contributed by atoms with E-state index in [2.05, 4.69) is 15.4 Å². The van der Waals surface area contributed by atoms with Crippen LogP contribution in [0.3, 0.4) is 0 Å². The van der Waals surface area contributed by atoms with E-state index in [9.17, 15) is 14.4 Å². The third kappa shape index (κ3) is 4.56. The van der Waals surface area contributed by atoms with E-state index in [0.717, 1.165) is 5.56 Å². The van der Waals surface area contributed by atoms with E-state index in [0.29, 0.717) is 34.2 Å². The van der Waals surface area contributed by atoms with E-state index in [1.807, 2.05) is 0 Å². The van der Waals surface area contributed by atoms with Crippen LogP contribution in [0.25, 0.3) is 11.3 Å². The van der Waals surface area contributed by atoms with Crippen molar-refractivity contribution in [3.63, 3.8) is 0 Å². The minimum atomic E-state index is -0.555. The molecule has 0 saturated carbocycles. The van der Waals surface area contributed by atoms with Crippen molar-refractivity contribution in [2.24, 2.45) is 14.1 Å². The zero-order chi connectivity index (χ0) is 24.4. The quantitative estimate of drug-likeness (QED) is 0.376. The van der Waals surface area contributed by atoms with Crippen LogP contribution in [0, 0.1) is 0 Å². The number of ether oxygens (including phenoxy) is 1. The lowest BCUT2D eigenvalue weighted by molar-refractivity contribution is 0.0566. The second-order valence-electron chi connectivity index (χ2n) is 7.64. The number of carbonyl (C=O) groups excluding carboxylic acids is 3. The largest absolute Gasteiger partial charge is 0.463 e. The van der Waals surface area contributed by atoms with E-state index in [4.69, 9.17) is 10.2 Å². The van der Waals surface area contributed by atoms with Gasteiger partial charge >= 0.3 is 5.97 Å². The van der Waals surface area contributed by atoms with Gasteiger partial charge in [0.1, 0.15) is 17.1 Å². The Hall–Kier alpha value is -4.73. The highest BCUT2D eigenvalue weighted by Gasteiger charge is 2.17. The molecule has 0 aliphatic carbocycles. The highest BCUT2D eigenvalue weighted by Crippen LogP contribution is 2.25. The summed E-state index contributed by atoms with van der Waals surface area (Å²) < 4.78 is 13.4. The first-order chi connectivity index (χ1) is 16.2. The van der Waals surface area contributed by atoms with E-state index in [1.165, 1.54) is 13.2 Å². The summed E-state index contributed by atoms with van der Waals surface area (Å²) >= 11 is 0. The predicted molar refractivity (Wildman–Crippen MR) is 127 cm³/mol. The van der Waals surface area contributed by atoms with E-state index in [1.54, 1.807) is 78.1 Å². The van der Waals surface area contributed by atoms with Gasteiger partial charge in [0.2, 0.25) is 5.76 Å². The lowest BCUT2D eigenvalue weighted by Crippen LogP contribution is -2.15. The molecule has 0 unspecified atom stereocenters. The van der Waals surface area contributed by atoms with Crippen LogP contribution >= 0.6 is 0 Å². The average Bonchev–Trinajstić information content (AvgIpc) is 3.52. The number of amides is 2. The molecular weight excluding hydrogens is 438 g/mol. The molecule has 34 heavy (non-hydrogen) atoms. The summed E-state index contributed by atoms with van der Waals surface area (Å²) in [4.78, 5) is 36.8. The van der Waals surface area contributed by atoms with E-state index < -0.39 is 5.97 Å². The van der Waals surface area contributed by atoms with Gasteiger partial charge in [0.15, 0.2) is 0 Å². The van der Waals surface area contributed by atoms with Crippen LogP contribution in [0.1, 0.15) is 31.5 Å². The Bertz CT molecular complexity index is 1380. The number of nitrogen functional groups attached to an aromatic ring is 1. The summed E-state index contributed by atoms with van der Waals surface area (Å²) in [5.41, 5.74) is 8.77. The zero-order valence-electron chi connectivity index (χ0n) is 18.8. The zero-order valence-corrected chi connectivity index (χ0v) is 18.8. The number of furan rings is 1. The Labute approximate surface area is 194 Å². The Morgan fingerprint density at radius 2 is 1.47 bits per heavy atom. The molecular formula is C24H23N5O5. The van der Waals surface area contributed by atoms with Crippen LogP contribution in [0.15, 0.2) is 65.3 Å². The maximum Gasteiger partial charge on any atom is 0.373 e. The number of nitrogens with two attached hydrogens (primary N) is 1. The number of hydrogen-bond acceptors (Lipinski definition) is 6. The molecule has 0 spiro atoms. The topological polar surface area (TPSA) is 134 Å². The third-order valence-corrected chi connectivity index (χ3v) is 5.17. The summed E-state index contributed by atoms with van der Waals surface area (Å²) in [6.07, 6.45) is 3.30. The maximum absolute atomic E-state index is 12.8. The van der Waals surface area contributed by atoms with Gasteiger partial charge in [-0.3, -0.25) is 9.59 Å². The Kier molecular flexibility index (Phi) is 5.96. The van der Waals surface area contributed by atoms with Gasteiger partial charge in [-0.1, -0.05) is 0 Å². The normalized spacial score (nSPS) is 10.7. The van der Waals surface area contributed by atoms with Gasteiger partial charge in [-0.15, -0.1) is 0 Å². The van der Waals surface area contributed by atoms with Crippen LogP contribution in [0.4, 0.5) is 17.1 Å². The first kappa shape index (κ1) is 22.5. The number of nitrogens with one attached hydrogen (secondary N) is 2. The Morgan fingerprint density at radius 1 is 0.853 bits per heavy atom. The van der Waals surface area contributed by atoms with Crippen molar-refractivity contribution in [1.82, 2.24) is 9.13 Å². The number of hydrogen-bond donors (Lipinski definition) is 3. The van der Waals surface area contributed by atoms with Gasteiger partial charge < -0.3 is 34.7 Å². The molecule has 4 N–H and O–H groups in total. The standard InChI is InChI=1S/C24H23N5O5/c1-28-12-15(25)10-18(28)22(30)27-17-11-19(29(2)13-17)23(31)26-16-6-4-14(5-7-16)20-8-9-21(34-20)24(32)33-3/h4-13H,25H2,1-3H3,(H,26,31)(H,27,30). The lowest BCUT2D eigenvalue weighted by Gasteiger charge is -2.06. The van der Waals surface area contributed by atoms with Crippen LogP contribution in [0.5, 0.6) is 0 Å². The molecule has 174 valence electrons. The number of aromatic nitrogens is 2. The molecule has 3 aromatic heterocycles. The molecule has 10 heteroatoms. The van der Waals surface area contributed by atoms with Crippen LogP contribution in [0.2, 0.25) is 0 Å². The predicted octanol–water partition coefficient (Wildman–Crippen LogP) is 3.50. The lowest BCUT2D eigenvalue weighted by atomic mass is 10.1. The van der Waals surface area contributed by atoms with Crippen molar-refractivity contribution in [3.8, 4) is 11.3 Å². The molecule has 4 aromatic rings. The molecule has 2 amide bonds. The van der Waals surface area contributed by atoms with E-state index in [-0.39, 0.29) is 17.6 Å². The molecule has 4 rings (SSSR count). The van der Waals surface area contributed by atoms with Crippen molar-refractivity contribution in [1.29, 1.82) is 0 Å². The fourth-order valence-electron chi connectivity index (χ4n) is 3.49. The van der Waals surface area contributed by atoms with Crippen molar-refractivity contribution in [2.75, 3.05) is 23.5 Å². The van der Waals surface area contributed by atoms with Gasteiger partial charge in [-0.25, -0.2) is 4.79 Å². The number of rotatable bonds is 6. The molecule has 1 aromatic carbocycles. The summed E-state index contributed by atoms with van der Waals surface area (Å²) in [6.45, 7) is 0. The smallest absolute Gasteiger partial charge is 0.373 e. The summed E-state index contributed by atoms with van der Waals surface area (Å²) in [6, 6.07) is 13.3. The molecule has 0 atom stereocenters. The van der Waals surface area contributed by atoms with Gasteiger partial charge in [-0.05, 0) is 48.5 Å². The second kappa shape index (κ2) is 9.02. The molecule has 0 aliphatic rings. The molecule has 0 fully saturated rings. The number of carbonyl (C=O) groups is 3. The van der Waals surface area contributed by atoms with Crippen molar-refractivity contribution >= 4 is 34.8 Å². The van der Waals surface area contributed by atoms with Crippen molar-refractivity contribution in [2.45, 2.75) is 0 Å². The van der Waals surface area contributed by atoms with Gasteiger partial charge in [0.25, 0.3) is 11.8 Å². The summed E-state index contributed by atoms with van der Waals surface area (Å²) in [5.74, 6) is -0.621. The van der Waals surface area contributed by atoms with Crippen LogP contribution in [-0.2, 0) is 18.8 Å². The summed E-state index contributed by atoms with van der Waals surface area (Å²) in [5, 5.41) is 5.60. The maximum atomic E-state index is 12.8. The van der Waals surface area contributed by atoms with Crippen LogP contribution in [-0.4, -0.2) is 34.0 Å². The molecule has 0 aliphatic heterocycles.